The number of carbonyl (C=O) groups excluding carboxylic acids is 1. The van der Waals surface area contributed by atoms with Gasteiger partial charge in [0.15, 0.2) is 0 Å². The summed E-state index contributed by atoms with van der Waals surface area (Å²) >= 11 is 0. The molecule has 0 saturated heterocycles. The molecule has 0 spiro atoms. The minimum absolute atomic E-state index is 0.124. The van der Waals surface area contributed by atoms with Gasteiger partial charge in [-0.2, -0.15) is 0 Å². The van der Waals surface area contributed by atoms with Crippen LogP contribution in [-0.2, 0) is 4.79 Å². The van der Waals surface area contributed by atoms with Gasteiger partial charge in [0, 0.05) is 13.5 Å². The van der Waals surface area contributed by atoms with Crippen molar-refractivity contribution in [3.63, 3.8) is 0 Å². The lowest BCUT2D eigenvalue weighted by molar-refractivity contribution is -0.114. The van der Waals surface area contributed by atoms with Gasteiger partial charge in [0.1, 0.15) is 11.4 Å². The third-order valence-electron chi connectivity index (χ3n) is 2.08. The highest BCUT2D eigenvalue weighted by Crippen LogP contribution is 2.27. The Morgan fingerprint density at radius 2 is 2.06 bits per heavy atom. The van der Waals surface area contributed by atoms with Gasteiger partial charge < -0.3 is 15.8 Å². The minimum Gasteiger partial charge on any atom is -0.484 e. The van der Waals surface area contributed by atoms with Gasteiger partial charge in [-0.25, -0.2) is 0 Å². The van der Waals surface area contributed by atoms with E-state index in [0.717, 1.165) is 0 Å². The summed E-state index contributed by atoms with van der Waals surface area (Å²) in [6.45, 7) is 5.67. The van der Waals surface area contributed by atoms with Crippen molar-refractivity contribution in [2.24, 2.45) is 5.73 Å². The van der Waals surface area contributed by atoms with E-state index in [1.807, 2.05) is 32.0 Å². The maximum atomic E-state index is 11.0. The number of nitrogens with one attached hydrogen (secondary N) is 1. The maximum Gasteiger partial charge on any atom is 0.221 e. The summed E-state index contributed by atoms with van der Waals surface area (Å²) in [5, 5.41) is 2.72. The lowest BCUT2D eigenvalue weighted by atomic mass is 10.1. The zero-order valence-corrected chi connectivity index (χ0v) is 9.91. The molecule has 0 aliphatic rings. The number of ether oxygens (including phenoxy) is 1. The molecule has 0 aromatic heterocycles. The first-order chi connectivity index (χ1) is 7.44. The molecule has 0 bridgehead atoms. The normalized spacial score (nSPS) is 11.0. The van der Waals surface area contributed by atoms with E-state index in [1.54, 1.807) is 6.07 Å². The molecular formula is C12H18N2O2. The van der Waals surface area contributed by atoms with Crippen molar-refractivity contribution < 1.29 is 9.53 Å². The lowest BCUT2D eigenvalue weighted by Crippen LogP contribution is -2.37. The molecule has 3 N–H and O–H groups in total. The van der Waals surface area contributed by atoms with Crippen molar-refractivity contribution in [1.82, 2.24) is 0 Å². The third kappa shape index (κ3) is 3.55. The zero-order valence-electron chi connectivity index (χ0n) is 9.91. The average molecular weight is 222 g/mol. The van der Waals surface area contributed by atoms with E-state index in [0.29, 0.717) is 18.0 Å². The molecule has 0 unspecified atom stereocenters. The largest absolute Gasteiger partial charge is 0.484 e. The second-order valence-corrected chi connectivity index (χ2v) is 4.24. The van der Waals surface area contributed by atoms with Gasteiger partial charge in [-0.3, -0.25) is 4.79 Å². The fourth-order valence-corrected chi connectivity index (χ4v) is 1.19. The topological polar surface area (TPSA) is 64.3 Å². The second kappa shape index (κ2) is 4.99. The summed E-state index contributed by atoms with van der Waals surface area (Å²) in [6.07, 6.45) is 0. The van der Waals surface area contributed by atoms with E-state index in [4.69, 9.17) is 10.5 Å². The summed E-state index contributed by atoms with van der Waals surface area (Å²) in [6, 6.07) is 7.30. The molecule has 0 fully saturated rings. The number of rotatable bonds is 4. The highest BCUT2D eigenvalue weighted by Gasteiger charge is 2.19. The van der Waals surface area contributed by atoms with Crippen LogP contribution in [0.3, 0.4) is 0 Å². The third-order valence-corrected chi connectivity index (χ3v) is 2.08. The van der Waals surface area contributed by atoms with E-state index in [2.05, 4.69) is 5.32 Å². The van der Waals surface area contributed by atoms with Crippen LogP contribution < -0.4 is 15.8 Å². The number of hydrogen-bond acceptors (Lipinski definition) is 3. The first-order valence-electron chi connectivity index (χ1n) is 5.20. The smallest absolute Gasteiger partial charge is 0.221 e. The number of anilines is 1. The molecule has 1 rings (SSSR count). The molecular weight excluding hydrogens is 204 g/mol. The fraction of sp³-hybridized carbons (Fsp3) is 0.417. The summed E-state index contributed by atoms with van der Waals surface area (Å²) in [5.74, 6) is 0.509. The molecule has 1 aromatic carbocycles. The number of carbonyl (C=O) groups is 1. The van der Waals surface area contributed by atoms with Crippen LogP contribution >= 0.6 is 0 Å². The Labute approximate surface area is 95.8 Å². The van der Waals surface area contributed by atoms with Crippen LogP contribution in [0.4, 0.5) is 5.69 Å². The molecule has 16 heavy (non-hydrogen) atoms. The second-order valence-electron chi connectivity index (χ2n) is 4.24. The number of amides is 1. The predicted octanol–water partition coefficient (Wildman–Crippen LogP) is 1.76. The van der Waals surface area contributed by atoms with Gasteiger partial charge in [-0.15, -0.1) is 0 Å². The molecule has 0 heterocycles. The van der Waals surface area contributed by atoms with E-state index in [1.165, 1.54) is 6.92 Å². The number of hydrogen-bond donors (Lipinski definition) is 2. The molecule has 0 radical (unpaired) electrons. The zero-order chi connectivity index (χ0) is 12.2. The van der Waals surface area contributed by atoms with Crippen LogP contribution in [0.15, 0.2) is 24.3 Å². The molecule has 4 heteroatoms. The molecule has 0 saturated carbocycles. The quantitative estimate of drug-likeness (QED) is 0.816. The molecule has 0 atom stereocenters. The standard InChI is InChI=1S/C12H18N2O2/c1-9(15)14-10-6-4-5-7-11(10)16-12(2,3)8-13/h4-7H,8,13H2,1-3H3,(H,14,15). The van der Waals surface area contributed by atoms with E-state index in [9.17, 15) is 4.79 Å². The summed E-state index contributed by atoms with van der Waals surface area (Å²) < 4.78 is 5.74. The van der Waals surface area contributed by atoms with Crippen LogP contribution in [0, 0.1) is 0 Å². The van der Waals surface area contributed by atoms with E-state index >= 15 is 0 Å². The first kappa shape index (κ1) is 12.5. The van der Waals surface area contributed by atoms with Gasteiger partial charge in [0.05, 0.1) is 5.69 Å². The van der Waals surface area contributed by atoms with Crippen LogP contribution in [0.2, 0.25) is 0 Å². The van der Waals surface area contributed by atoms with Gasteiger partial charge in [0.25, 0.3) is 0 Å². The summed E-state index contributed by atoms with van der Waals surface area (Å²) in [4.78, 5) is 11.0. The Hall–Kier alpha value is -1.55. The van der Waals surface area contributed by atoms with E-state index < -0.39 is 5.60 Å². The molecule has 1 amide bonds. The van der Waals surface area contributed by atoms with Crippen molar-refractivity contribution in [3.8, 4) is 5.75 Å². The molecule has 88 valence electrons. The Balaban J connectivity index is 2.90. The number of para-hydroxylation sites is 2. The van der Waals surface area contributed by atoms with Gasteiger partial charge in [-0.05, 0) is 26.0 Å². The van der Waals surface area contributed by atoms with Gasteiger partial charge in [-0.1, -0.05) is 12.1 Å². The van der Waals surface area contributed by atoms with Crippen molar-refractivity contribution in [3.05, 3.63) is 24.3 Å². The fourth-order valence-electron chi connectivity index (χ4n) is 1.19. The molecule has 1 aromatic rings. The van der Waals surface area contributed by atoms with Crippen LogP contribution in [0.5, 0.6) is 5.75 Å². The van der Waals surface area contributed by atoms with Crippen LogP contribution in [0.1, 0.15) is 20.8 Å². The maximum absolute atomic E-state index is 11.0. The molecule has 4 nitrogen and oxygen atoms in total. The summed E-state index contributed by atoms with van der Waals surface area (Å²) in [7, 11) is 0. The monoisotopic (exact) mass is 222 g/mol. The van der Waals surface area contributed by atoms with Crippen molar-refractivity contribution >= 4 is 11.6 Å². The first-order valence-corrected chi connectivity index (χ1v) is 5.20. The number of nitrogens with two attached hydrogens (primary N) is 1. The Morgan fingerprint density at radius 1 is 1.44 bits per heavy atom. The van der Waals surface area contributed by atoms with Gasteiger partial charge in [0.2, 0.25) is 5.91 Å². The molecule has 0 aliphatic carbocycles. The van der Waals surface area contributed by atoms with E-state index in [-0.39, 0.29) is 5.91 Å². The highest BCUT2D eigenvalue weighted by atomic mass is 16.5. The summed E-state index contributed by atoms with van der Waals surface area (Å²) in [5.41, 5.74) is 5.81. The average Bonchev–Trinajstić information content (AvgIpc) is 2.20. The predicted molar refractivity (Wildman–Crippen MR) is 64.5 cm³/mol. The Morgan fingerprint density at radius 3 is 2.62 bits per heavy atom. The van der Waals surface area contributed by atoms with Crippen LogP contribution in [0.25, 0.3) is 0 Å². The lowest BCUT2D eigenvalue weighted by Gasteiger charge is -2.26. The molecule has 0 aliphatic heterocycles. The van der Waals surface area contributed by atoms with Gasteiger partial charge >= 0.3 is 0 Å². The highest BCUT2D eigenvalue weighted by molar-refractivity contribution is 5.90. The Bertz CT molecular complexity index is 375. The minimum atomic E-state index is -0.450. The van der Waals surface area contributed by atoms with Crippen LogP contribution in [-0.4, -0.2) is 18.1 Å². The Kier molecular flexibility index (Phi) is 3.90. The van der Waals surface area contributed by atoms with Crippen molar-refractivity contribution in [2.75, 3.05) is 11.9 Å². The SMILES string of the molecule is CC(=O)Nc1ccccc1OC(C)(C)CN. The van der Waals surface area contributed by atoms with Crippen molar-refractivity contribution in [2.45, 2.75) is 26.4 Å². The number of benzene rings is 1. The van der Waals surface area contributed by atoms with Crippen molar-refractivity contribution in [1.29, 1.82) is 0 Å².